The molecule has 1 aliphatic rings. The molecule has 0 amide bonds. The first kappa shape index (κ1) is 20.3. The molecule has 0 aromatic heterocycles. The van der Waals surface area contributed by atoms with E-state index in [0.717, 1.165) is 36.3 Å². The molecule has 30 heavy (non-hydrogen) atoms. The van der Waals surface area contributed by atoms with Crippen LogP contribution in [-0.2, 0) is 17.8 Å². The number of aliphatic hydroxyl groups excluding tert-OH is 1. The van der Waals surface area contributed by atoms with E-state index in [0.29, 0.717) is 13.0 Å². The summed E-state index contributed by atoms with van der Waals surface area (Å²) in [6, 6.07) is 30.7. The molecule has 0 radical (unpaired) electrons. The first-order valence-electron chi connectivity index (χ1n) is 10.5. The van der Waals surface area contributed by atoms with Crippen LogP contribution in [0.3, 0.4) is 0 Å². The Labute approximate surface area is 178 Å². The highest BCUT2D eigenvalue weighted by molar-refractivity contribution is 6.01. The van der Waals surface area contributed by atoms with Crippen LogP contribution >= 0.6 is 0 Å². The average Bonchev–Trinajstić information content (AvgIpc) is 3.24. The summed E-state index contributed by atoms with van der Waals surface area (Å²) in [6.45, 7) is 2.08. The molecule has 0 aliphatic carbocycles. The SMILES string of the molecule is O[C@H](Cc1ccccc1)CN(Cc1ccccc1)C[C@@H]1CC(c2ccccc2)=NO1. The summed E-state index contributed by atoms with van der Waals surface area (Å²) in [4.78, 5) is 8.03. The van der Waals surface area contributed by atoms with Gasteiger partial charge < -0.3 is 9.94 Å². The number of hydrogen-bond acceptors (Lipinski definition) is 4. The number of aliphatic hydroxyl groups is 1. The van der Waals surface area contributed by atoms with Gasteiger partial charge in [0.15, 0.2) is 0 Å². The summed E-state index contributed by atoms with van der Waals surface area (Å²) in [5.74, 6) is 0. The largest absolute Gasteiger partial charge is 0.391 e. The zero-order valence-electron chi connectivity index (χ0n) is 17.1. The van der Waals surface area contributed by atoms with Gasteiger partial charge in [0.1, 0.15) is 6.10 Å². The summed E-state index contributed by atoms with van der Waals surface area (Å²) in [5, 5.41) is 15.1. The van der Waals surface area contributed by atoms with Crippen LogP contribution in [-0.4, -0.2) is 41.0 Å². The molecule has 0 spiro atoms. The normalized spacial score (nSPS) is 16.9. The fraction of sp³-hybridized carbons (Fsp3) is 0.269. The van der Waals surface area contributed by atoms with Crippen LogP contribution in [0.4, 0.5) is 0 Å². The summed E-state index contributed by atoms with van der Waals surface area (Å²) in [5.41, 5.74) is 4.48. The second kappa shape index (κ2) is 10.2. The van der Waals surface area contributed by atoms with Crippen molar-refractivity contribution >= 4 is 5.71 Å². The minimum absolute atomic E-state index is 0.00663. The van der Waals surface area contributed by atoms with Gasteiger partial charge in [0.25, 0.3) is 0 Å². The quantitative estimate of drug-likeness (QED) is 0.583. The summed E-state index contributed by atoms with van der Waals surface area (Å²) < 4.78 is 0. The Bertz CT molecular complexity index is 929. The van der Waals surface area contributed by atoms with Gasteiger partial charge in [-0.2, -0.15) is 0 Å². The number of hydrogen-bond donors (Lipinski definition) is 1. The maximum absolute atomic E-state index is 10.7. The number of nitrogens with zero attached hydrogens (tertiary/aromatic N) is 2. The smallest absolute Gasteiger partial charge is 0.145 e. The van der Waals surface area contributed by atoms with Gasteiger partial charge >= 0.3 is 0 Å². The fourth-order valence-corrected chi connectivity index (χ4v) is 3.91. The van der Waals surface area contributed by atoms with Crippen molar-refractivity contribution < 1.29 is 9.94 Å². The van der Waals surface area contributed by atoms with Crippen LogP contribution in [0.15, 0.2) is 96.2 Å². The standard InChI is InChI=1S/C26H28N2O2/c29-24(16-21-10-4-1-5-11-21)19-28(18-22-12-6-2-7-13-22)20-25-17-26(27-30-25)23-14-8-3-9-15-23/h1-15,24-25,29H,16-20H2/t24-,25+/m1/s1. The average molecular weight is 401 g/mol. The van der Waals surface area contributed by atoms with Gasteiger partial charge in [0, 0.05) is 26.1 Å². The molecule has 1 N–H and O–H groups in total. The van der Waals surface area contributed by atoms with Crippen LogP contribution in [0.25, 0.3) is 0 Å². The van der Waals surface area contributed by atoms with E-state index in [-0.39, 0.29) is 6.10 Å². The third-order valence-corrected chi connectivity index (χ3v) is 5.33. The first-order valence-corrected chi connectivity index (χ1v) is 10.5. The molecule has 0 bridgehead atoms. The minimum atomic E-state index is -0.438. The van der Waals surface area contributed by atoms with E-state index in [9.17, 15) is 5.11 Å². The van der Waals surface area contributed by atoms with E-state index in [4.69, 9.17) is 4.84 Å². The van der Waals surface area contributed by atoms with Gasteiger partial charge in [0.05, 0.1) is 11.8 Å². The molecular weight excluding hydrogens is 372 g/mol. The third-order valence-electron chi connectivity index (χ3n) is 5.33. The monoisotopic (exact) mass is 400 g/mol. The van der Waals surface area contributed by atoms with E-state index in [1.165, 1.54) is 5.56 Å². The van der Waals surface area contributed by atoms with E-state index < -0.39 is 6.10 Å². The molecule has 1 aliphatic heterocycles. The van der Waals surface area contributed by atoms with Crippen molar-refractivity contribution in [3.05, 3.63) is 108 Å². The Hall–Kier alpha value is -2.95. The highest BCUT2D eigenvalue weighted by atomic mass is 16.6. The number of benzene rings is 3. The second-order valence-corrected chi connectivity index (χ2v) is 7.86. The zero-order valence-corrected chi connectivity index (χ0v) is 17.1. The number of rotatable bonds is 9. The van der Waals surface area contributed by atoms with Crippen molar-refractivity contribution in [2.75, 3.05) is 13.1 Å². The molecule has 0 unspecified atom stereocenters. The Kier molecular flexibility index (Phi) is 6.91. The van der Waals surface area contributed by atoms with Crippen molar-refractivity contribution in [3.63, 3.8) is 0 Å². The molecule has 2 atom stereocenters. The van der Waals surface area contributed by atoms with Gasteiger partial charge in [-0.25, -0.2) is 0 Å². The molecule has 0 fully saturated rings. The molecule has 4 rings (SSSR count). The fourth-order valence-electron chi connectivity index (χ4n) is 3.91. The maximum Gasteiger partial charge on any atom is 0.145 e. The van der Waals surface area contributed by atoms with Crippen LogP contribution < -0.4 is 0 Å². The molecule has 4 nitrogen and oxygen atoms in total. The third kappa shape index (κ3) is 5.78. The lowest BCUT2D eigenvalue weighted by atomic mass is 10.0. The van der Waals surface area contributed by atoms with Crippen LogP contribution in [0.2, 0.25) is 0 Å². The van der Waals surface area contributed by atoms with Gasteiger partial charge in [-0.05, 0) is 23.1 Å². The molecule has 1 heterocycles. The number of oxime groups is 1. The molecular formula is C26H28N2O2. The summed E-state index contributed by atoms with van der Waals surface area (Å²) in [7, 11) is 0. The van der Waals surface area contributed by atoms with Gasteiger partial charge in [-0.15, -0.1) is 0 Å². The Morgan fingerprint density at radius 2 is 1.47 bits per heavy atom. The second-order valence-electron chi connectivity index (χ2n) is 7.86. The van der Waals surface area contributed by atoms with E-state index in [2.05, 4.69) is 58.6 Å². The molecule has 3 aromatic carbocycles. The van der Waals surface area contributed by atoms with Crippen molar-refractivity contribution in [3.8, 4) is 0 Å². The lowest BCUT2D eigenvalue weighted by molar-refractivity contribution is 0.0322. The summed E-state index contributed by atoms with van der Waals surface area (Å²) >= 11 is 0. The van der Waals surface area contributed by atoms with Crippen molar-refractivity contribution in [1.82, 2.24) is 4.90 Å². The van der Waals surface area contributed by atoms with Crippen LogP contribution in [0.1, 0.15) is 23.1 Å². The lowest BCUT2D eigenvalue weighted by Crippen LogP contribution is -2.38. The van der Waals surface area contributed by atoms with Crippen molar-refractivity contribution in [1.29, 1.82) is 0 Å². The Balaban J connectivity index is 1.39. The van der Waals surface area contributed by atoms with E-state index in [1.54, 1.807) is 0 Å². The molecule has 4 heteroatoms. The predicted octanol–water partition coefficient (Wildman–Crippen LogP) is 4.29. The maximum atomic E-state index is 10.7. The van der Waals surface area contributed by atoms with Crippen molar-refractivity contribution in [2.24, 2.45) is 5.16 Å². The molecule has 3 aromatic rings. The van der Waals surface area contributed by atoms with Gasteiger partial charge in [0.2, 0.25) is 0 Å². The molecule has 0 saturated heterocycles. The Morgan fingerprint density at radius 3 is 2.13 bits per heavy atom. The van der Waals surface area contributed by atoms with Gasteiger partial charge in [-0.1, -0.05) is 96.2 Å². The highest BCUT2D eigenvalue weighted by Crippen LogP contribution is 2.19. The van der Waals surface area contributed by atoms with E-state index in [1.807, 2.05) is 42.5 Å². The first-order chi connectivity index (χ1) is 14.8. The van der Waals surface area contributed by atoms with Crippen LogP contribution in [0, 0.1) is 0 Å². The predicted molar refractivity (Wildman–Crippen MR) is 120 cm³/mol. The molecule has 154 valence electrons. The minimum Gasteiger partial charge on any atom is -0.391 e. The van der Waals surface area contributed by atoms with Crippen molar-refractivity contribution in [2.45, 2.75) is 31.6 Å². The van der Waals surface area contributed by atoms with Crippen LogP contribution in [0.5, 0.6) is 0 Å². The van der Waals surface area contributed by atoms with Gasteiger partial charge in [-0.3, -0.25) is 4.90 Å². The highest BCUT2D eigenvalue weighted by Gasteiger charge is 2.25. The Morgan fingerprint density at radius 1 is 0.867 bits per heavy atom. The lowest BCUT2D eigenvalue weighted by Gasteiger charge is -2.27. The topological polar surface area (TPSA) is 45.1 Å². The summed E-state index contributed by atoms with van der Waals surface area (Å²) in [6.07, 6.45) is 0.980. The molecule has 0 saturated carbocycles. The van der Waals surface area contributed by atoms with E-state index >= 15 is 0 Å². The zero-order chi connectivity index (χ0) is 20.6.